The number of rotatable bonds is 2. The van der Waals surface area contributed by atoms with Crippen LogP contribution < -0.4 is 0 Å². The summed E-state index contributed by atoms with van der Waals surface area (Å²) in [5.74, 6) is -2.46. The normalized spacial score (nSPS) is 16.6. The highest BCUT2D eigenvalue weighted by molar-refractivity contribution is 6.01. The Morgan fingerprint density at radius 3 is 1.55 bits per heavy atom. The number of carbonyl (C=O) groups is 2. The molecule has 0 atom stereocenters. The Morgan fingerprint density at radius 1 is 1.00 bits per heavy atom. The molecule has 0 spiro atoms. The molecule has 2 N–H and O–H groups in total. The summed E-state index contributed by atoms with van der Waals surface area (Å²) in [7, 11) is 4.32. The molecule has 6 nitrogen and oxygen atoms in total. The number of carboxylic acids is 2. The van der Waals surface area contributed by atoms with Crippen LogP contribution in [0.25, 0.3) is 0 Å². The molecule has 1 heterocycles. The summed E-state index contributed by atoms with van der Waals surface area (Å²) in [5, 5.41) is 17.1. The van der Waals surface area contributed by atoms with Crippen molar-refractivity contribution >= 4 is 11.9 Å². The third-order valence-corrected chi connectivity index (χ3v) is 3.47. The van der Waals surface area contributed by atoms with E-state index in [2.05, 4.69) is 30.8 Å². The molecule has 2 rings (SSSR count). The Balaban J connectivity index is 0.000000217. The number of benzene rings is 1. The number of carboxylic acid groups (broad SMARTS) is 2. The van der Waals surface area contributed by atoms with Crippen LogP contribution in [0, 0.1) is 0 Å². The highest BCUT2D eigenvalue weighted by Gasteiger charge is 2.20. The maximum absolute atomic E-state index is 10.5. The standard InChI is InChI=1S/C8H6O4.C6H14N2/c9-7(10)5-3-1-2-4-6(5)8(11)12;1-6-7(2)4-5-8(6)3/h1-4H,(H,9,10)(H,11,12);6H,4-5H2,1-3H3. The third kappa shape index (κ3) is 4.04. The monoisotopic (exact) mass is 280 g/mol. The zero-order chi connectivity index (χ0) is 15.3. The van der Waals surface area contributed by atoms with Crippen molar-refractivity contribution < 1.29 is 19.8 Å². The minimum atomic E-state index is -1.23. The number of hydrogen-bond acceptors (Lipinski definition) is 4. The van der Waals surface area contributed by atoms with Crippen molar-refractivity contribution in [3.8, 4) is 0 Å². The molecule has 110 valence electrons. The van der Waals surface area contributed by atoms with Gasteiger partial charge < -0.3 is 10.2 Å². The summed E-state index contributed by atoms with van der Waals surface area (Å²) in [4.78, 5) is 25.6. The average Bonchev–Trinajstić information content (AvgIpc) is 2.70. The van der Waals surface area contributed by atoms with Crippen molar-refractivity contribution in [2.45, 2.75) is 13.1 Å². The van der Waals surface area contributed by atoms with E-state index in [1.807, 2.05) is 0 Å². The van der Waals surface area contributed by atoms with Crippen LogP contribution in [-0.2, 0) is 0 Å². The molecular weight excluding hydrogens is 260 g/mol. The summed E-state index contributed by atoms with van der Waals surface area (Å²) in [5.41, 5.74) is -0.380. The molecule has 1 aliphatic heterocycles. The second kappa shape index (κ2) is 7.02. The first-order chi connectivity index (χ1) is 9.34. The summed E-state index contributed by atoms with van der Waals surface area (Å²) < 4.78 is 0. The van der Waals surface area contributed by atoms with E-state index in [1.54, 1.807) is 0 Å². The van der Waals surface area contributed by atoms with Gasteiger partial charge in [-0.25, -0.2) is 9.59 Å². The van der Waals surface area contributed by atoms with Gasteiger partial charge in [0.1, 0.15) is 0 Å². The molecule has 0 unspecified atom stereocenters. The van der Waals surface area contributed by atoms with Crippen LogP contribution in [-0.4, -0.2) is 65.3 Å². The second-order valence-corrected chi connectivity index (χ2v) is 4.75. The molecule has 0 amide bonds. The minimum absolute atomic E-state index is 0.190. The van der Waals surface area contributed by atoms with Gasteiger partial charge in [-0.15, -0.1) is 0 Å². The molecular formula is C14H20N2O4. The average molecular weight is 280 g/mol. The van der Waals surface area contributed by atoms with Crippen LogP contribution in [0.5, 0.6) is 0 Å². The molecule has 1 aromatic rings. The van der Waals surface area contributed by atoms with E-state index in [0.29, 0.717) is 6.17 Å². The van der Waals surface area contributed by atoms with Crippen LogP contribution in [0.3, 0.4) is 0 Å². The Bertz CT molecular complexity index is 447. The first-order valence-corrected chi connectivity index (χ1v) is 6.30. The quantitative estimate of drug-likeness (QED) is 0.849. The first-order valence-electron chi connectivity index (χ1n) is 6.30. The van der Waals surface area contributed by atoms with Crippen LogP contribution in [0.4, 0.5) is 0 Å². The topological polar surface area (TPSA) is 81.1 Å². The third-order valence-electron chi connectivity index (χ3n) is 3.47. The minimum Gasteiger partial charge on any atom is -0.478 e. The highest BCUT2D eigenvalue weighted by atomic mass is 16.4. The zero-order valence-corrected chi connectivity index (χ0v) is 11.9. The maximum atomic E-state index is 10.5. The Hall–Kier alpha value is -1.92. The fraction of sp³-hybridized carbons (Fsp3) is 0.429. The Labute approximate surface area is 118 Å². The summed E-state index contributed by atoms with van der Waals surface area (Å²) in [6.45, 7) is 4.67. The predicted molar refractivity (Wildman–Crippen MR) is 75.1 cm³/mol. The molecule has 0 aromatic heterocycles. The summed E-state index contributed by atoms with van der Waals surface area (Å²) in [6.07, 6.45) is 0.648. The molecule has 1 saturated heterocycles. The van der Waals surface area contributed by atoms with Crippen LogP contribution in [0.2, 0.25) is 0 Å². The van der Waals surface area contributed by atoms with Crippen LogP contribution in [0.15, 0.2) is 24.3 Å². The highest BCUT2D eigenvalue weighted by Crippen LogP contribution is 2.08. The van der Waals surface area contributed by atoms with Gasteiger partial charge in [0.15, 0.2) is 0 Å². The van der Waals surface area contributed by atoms with Gasteiger partial charge in [0.25, 0.3) is 0 Å². The van der Waals surface area contributed by atoms with E-state index in [-0.39, 0.29) is 11.1 Å². The van der Waals surface area contributed by atoms with Crippen molar-refractivity contribution in [3.63, 3.8) is 0 Å². The molecule has 1 aliphatic rings. The van der Waals surface area contributed by atoms with E-state index in [1.165, 1.54) is 37.4 Å². The van der Waals surface area contributed by atoms with Gasteiger partial charge in [-0.05, 0) is 33.2 Å². The molecule has 6 heteroatoms. The van der Waals surface area contributed by atoms with Gasteiger partial charge in [0.2, 0.25) is 0 Å². The van der Waals surface area contributed by atoms with Gasteiger partial charge >= 0.3 is 11.9 Å². The lowest BCUT2D eigenvalue weighted by atomic mass is 10.1. The molecule has 0 saturated carbocycles. The van der Waals surface area contributed by atoms with Crippen LogP contribution >= 0.6 is 0 Å². The number of hydrogen-bond donors (Lipinski definition) is 2. The van der Waals surface area contributed by atoms with Gasteiger partial charge in [-0.1, -0.05) is 12.1 Å². The van der Waals surface area contributed by atoms with Crippen molar-refractivity contribution in [2.24, 2.45) is 0 Å². The van der Waals surface area contributed by atoms with Gasteiger partial charge in [0.05, 0.1) is 17.3 Å². The molecule has 20 heavy (non-hydrogen) atoms. The van der Waals surface area contributed by atoms with E-state index in [4.69, 9.17) is 10.2 Å². The van der Waals surface area contributed by atoms with Gasteiger partial charge in [-0.3, -0.25) is 9.80 Å². The maximum Gasteiger partial charge on any atom is 0.336 e. The first kappa shape index (κ1) is 16.1. The van der Waals surface area contributed by atoms with Crippen molar-refractivity contribution in [3.05, 3.63) is 35.4 Å². The predicted octanol–water partition coefficient (Wildman–Crippen LogP) is 1.29. The summed E-state index contributed by atoms with van der Waals surface area (Å²) >= 11 is 0. The van der Waals surface area contributed by atoms with Crippen molar-refractivity contribution in [2.75, 3.05) is 27.2 Å². The lowest BCUT2D eigenvalue weighted by Gasteiger charge is -2.19. The Morgan fingerprint density at radius 2 is 1.35 bits per heavy atom. The fourth-order valence-corrected chi connectivity index (χ4v) is 1.88. The smallest absolute Gasteiger partial charge is 0.336 e. The van der Waals surface area contributed by atoms with Gasteiger partial charge in [0, 0.05) is 13.1 Å². The SMILES string of the molecule is CC1N(C)CCN1C.O=C(O)c1ccccc1C(=O)O. The number of likely N-dealkylation sites (N-methyl/N-ethyl adjacent to an activating group) is 2. The fourth-order valence-electron chi connectivity index (χ4n) is 1.88. The lowest BCUT2D eigenvalue weighted by molar-refractivity contribution is 0.0651. The number of nitrogens with zero attached hydrogens (tertiary/aromatic N) is 2. The Kier molecular flexibility index (Phi) is 5.66. The van der Waals surface area contributed by atoms with E-state index in [0.717, 1.165) is 0 Å². The zero-order valence-electron chi connectivity index (χ0n) is 11.9. The number of aromatic carboxylic acids is 2. The van der Waals surface area contributed by atoms with Crippen molar-refractivity contribution in [1.82, 2.24) is 9.80 Å². The van der Waals surface area contributed by atoms with E-state index >= 15 is 0 Å². The molecule has 1 fully saturated rings. The summed E-state index contributed by atoms with van der Waals surface area (Å²) in [6, 6.07) is 5.48. The lowest BCUT2D eigenvalue weighted by Crippen LogP contribution is -2.30. The molecule has 1 aromatic carbocycles. The molecule has 0 radical (unpaired) electrons. The van der Waals surface area contributed by atoms with Gasteiger partial charge in [-0.2, -0.15) is 0 Å². The molecule has 0 bridgehead atoms. The largest absolute Gasteiger partial charge is 0.478 e. The van der Waals surface area contributed by atoms with Crippen molar-refractivity contribution in [1.29, 1.82) is 0 Å². The van der Waals surface area contributed by atoms with E-state index in [9.17, 15) is 9.59 Å². The van der Waals surface area contributed by atoms with Crippen LogP contribution in [0.1, 0.15) is 27.6 Å². The van der Waals surface area contributed by atoms with E-state index < -0.39 is 11.9 Å². The second-order valence-electron chi connectivity index (χ2n) is 4.75. The molecule has 0 aliphatic carbocycles.